The van der Waals surface area contributed by atoms with Gasteiger partial charge in [-0.3, -0.25) is 23.9 Å². The van der Waals surface area contributed by atoms with E-state index in [-0.39, 0.29) is 31.0 Å². The number of carbonyl (C=O) groups excluding carboxylic acids is 2. The Kier molecular flexibility index (Phi) is 6.32. The van der Waals surface area contributed by atoms with E-state index in [1.807, 2.05) is 0 Å². The molecule has 1 aliphatic rings. The molecule has 1 saturated heterocycles. The molecule has 1 aromatic carbocycles. The standard InChI is InChI=1S/C22H21FN6O5/c1-28-19(16-8-14(30)11-29(16)21(33)15-10-24-6-7-25-15)27-17(18(31)22(28)34)20(32)26-9-12-2-4-13(23)5-3-12/h2-7,10,14,16,30-31H,8-9,11H2,1H3,(H,26,32). The zero-order valence-electron chi connectivity index (χ0n) is 18.1. The van der Waals surface area contributed by atoms with Crippen LogP contribution in [0.4, 0.5) is 4.39 Å². The van der Waals surface area contributed by atoms with Gasteiger partial charge in [0.2, 0.25) is 5.75 Å². The first kappa shape index (κ1) is 23.0. The maximum Gasteiger partial charge on any atom is 0.296 e. The summed E-state index contributed by atoms with van der Waals surface area (Å²) in [7, 11) is 1.35. The third kappa shape index (κ3) is 4.48. The average molecular weight is 468 g/mol. The van der Waals surface area contributed by atoms with Crippen LogP contribution in [-0.2, 0) is 13.6 Å². The van der Waals surface area contributed by atoms with E-state index in [4.69, 9.17) is 0 Å². The molecule has 2 unspecified atom stereocenters. The SMILES string of the molecule is Cn1c(C2CC(O)CN2C(=O)c2cnccn2)nc(C(=O)NCc2ccc(F)cc2)c(O)c1=O. The van der Waals surface area contributed by atoms with Crippen LogP contribution in [-0.4, -0.2) is 59.1 Å². The maximum absolute atomic E-state index is 13.1. The van der Waals surface area contributed by atoms with E-state index in [2.05, 4.69) is 20.3 Å². The monoisotopic (exact) mass is 468 g/mol. The van der Waals surface area contributed by atoms with Gasteiger partial charge in [-0.1, -0.05) is 12.1 Å². The van der Waals surface area contributed by atoms with Crippen molar-refractivity contribution in [1.29, 1.82) is 0 Å². The van der Waals surface area contributed by atoms with E-state index >= 15 is 0 Å². The number of β-amino-alcohol motifs (C(OH)–C–C–N with tert-alkyl or cyclic N) is 1. The summed E-state index contributed by atoms with van der Waals surface area (Å²) >= 11 is 0. The molecule has 176 valence electrons. The van der Waals surface area contributed by atoms with Crippen molar-refractivity contribution < 1.29 is 24.2 Å². The maximum atomic E-state index is 13.1. The minimum absolute atomic E-state index is 0.00417. The molecule has 1 fully saturated rings. The van der Waals surface area contributed by atoms with E-state index < -0.39 is 46.8 Å². The Morgan fingerprint density at radius 2 is 1.97 bits per heavy atom. The van der Waals surface area contributed by atoms with Gasteiger partial charge in [0.05, 0.1) is 18.3 Å². The summed E-state index contributed by atoms with van der Waals surface area (Å²) in [6.45, 7) is -0.0346. The predicted molar refractivity (Wildman–Crippen MR) is 115 cm³/mol. The van der Waals surface area contributed by atoms with Crippen LogP contribution in [0.25, 0.3) is 0 Å². The fourth-order valence-electron chi connectivity index (χ4n) is 3.77. The third-order valence-corrected chi connectivity index (χ3v) is 5.50. The lowest BCUT2D eigenvalue weighted by Gasteiger charge is -2.25. The highest BCUT2D eigenvalue weighted by atomic mass is 19.1. The van der Waals surface area contributed by atoms with Gasteiger partial charge in [-0.15, -0.1) is 0 Å². The number of aliphatic hydroxyl groups is 1. The van der Waals surface area contributed by atoms with Crippen molar-refractivity contribution in [2.75, 3.05) is 6.54 Å². The Labute approximate surface area is 192 Å². The lowest BCUT2D eigenvalue weighted by atomic mass is 10.1. The summed E-state index contributed by atoms with van der Waals surface area (Å²) in [6.07, 6.45) is 3.21. The van der Waals surface area contributed by atoms with Crippen LogP contribution in [0.5, 0.6) is 5.75 Å². The summed E-state index contributed by atoms with van der Waals surface area (Å²) in [4.78, 5) is 51.7. The Hall–Kier alpha value is -4.19. The fraction of sp³-hybridized carbons (Fsp3) is 0.273. The largest absolute Gasteiger partial charge is 0.501 e. The summed E-state index contributed by atoms with van der Waals surface area (Å²) in [6, 6.07) is 4.58. The Balaban J connectivity index is 1.65. The molecule has 2 amide bonds. The van der Waals surface area contributed by atoms with E-state index in [0.717, 1.165) is 4.57 Å². The van der Waals surface area contributed by atoms with Gasteiger partial charge in [-0.25, -0.2) is 14.4 Å². The topological polar surface area (TPSA) is 151 Å². The van der Waals surface area contributed by atoms with E-state index in [1.165, 1.54) is 54.8 Å². The summed E-state index contributed by atoms with van der Waals surface area (Å²) in [5.74, 6) is -2.62. The molecule has 4 rings (SSSR count). The molecular formula is C22H21FN6O5. The molecule has 3 heterocycles. The van der Waals surface area contributed by atoms with Crippen LogP contribution >= 0.6 is 0 Å². The molecule has 11 nitrogen and oxygen atoms in total. The molecule has 2 atom stereocenters. The van der Waals surface area contributed by atoms with Crippen molar-refractivity contribution in [3.8, 4) is 5.75 Å². The van der Waals surface area contributed by atoms with Crippen LogP contribution in [0.2, 0.25) is 0 Å². The van der Waals surface area contributed by atoms with Crippen LogP contribution in [0.3, 0.4) is 0 Å². The van der Waals surface area contributed by atoms with Gasteiger partial charge >= 0.3 is 0 Å². The van der Waals surface area contributed by atoms with Gasteiger partial charge in [0.25, 0.3) is 17.4 Å². The molecule has 0 radical (unpaired) electrons. The van der Waals surface area contributed by atoms with Gasteiger partial charge in [-0.05, 0) is 17.7 Å². The number of aliphatic hydroxyl groups excluding tert-OH is 1. The molecule has 0 saturated carbocycles. The van der Waals surface area contributed by atoms with Crippen molar-refractivity contribution in [2.24, 2.45) is 7.05 Å². The Morgan fingerprint density at radius 3 is 2.65 bits per heavy atom. The number of amides is 2. The molecule has 12 heteroatoms. The van der Waals surface area contributed by atoms with Crippen molar-refractivity contribution in [3.63, 3.8) is 0 Å². The normalized spacial score (nSPS) is 17.6. The molecule has 2 aromatic heterocycles. The second-order valence-corrected chi connectivity index (χ2v) is 7.79. The number of likely N-dealkylation sites (tertiary alicyclic amines) is 1. The number of halogens is 1. The van der Waals surface area contributed by atoms with E-state index in [9.17, 15) is 29.0 Å². The molecule has 3 aromatic rings. The summed E-state index contributed by atoms with van der Waals surface area (Å²) in [5.41, 5.74) is -0.765. The Bertz CT molecular complexity index is 1280. The first-order chi connectivity index (χ1) is 16.3. The number of nitrogens with one attached hydrogen (secondary N) is 1. The fourth-order valence-corrected chi connectivity index (χ4v) is 3.77. The third-order valence-electron chi connectivity index (χ3n) is 5.50. The van der Waals surface area contributed by atoms with Gasteiger partial charge in [0, 0.05) is 39.0 Å². The average Bonchev–Trinajstić information content (AvgIpc) is 3.23. The molecule has 0 aliphatic carbocycles. The van der Waals surface area contributed by atoms with Crippen LogP contribution < -0.4 is 10.9 Å². The number of rotatable bonds is 5. The Morgan fingerprint density at radius 1 is 1.24 bits per heavy atom. The van der Waals surface area contributed by atoms with Gasteiger partial charge in [-0.2, -0.15) is 0 Å². The van der Waals surface area contributed by atoms with Crippen LogP contribution in [0.1, 0.15) is 44.8 Å². The number of benzene rings is 1. The molecule has 0 spiro atoms. The van der Waals surface area contributed by atoms with E-state index in [0.29, 0.717) is 5.56 Å². The van der Waals surface area contributed by atoms with Crippen LogP contribution in [0.15, 0.2) is 47.7 Å². The first-order valence-corrected chi connectivity index (χ1v) is 10.3. The number of hydrogen-bond donors (Lipinski definition) is 3. The molecule has 0 bridgehead atoms. The minimum atomic E-state index is -0.896. The van der Waals surface area contributed by atoms with Crippen molar-refractivity contribution in [2.45, 2.75) is 25.1 Å². The first-order valence-electron chi connectivity index (χ1n) is 10.3. The highest BCUT2D eigenvalue weighted by Gasteiger charge is 2.39. The predicted octanol–water partition coefficient (Wildman–Crippen LogP) is 0.293. The lowest BCUT2D eigenvalue weighted by molar-refractivity contribution is 0.0701. The lowest BCUT2D eigenvalue weighted by Crippen LogP contribution is -2.37. The number of carbonyl (C=O) groups is 2. The van der Waals surface area contributed by atoms with Gasteiger partial charge in [0.15, 0.2) is 5.69 Å². The molecule has 3 N–H and O–H groups in total. The number of aromatic nitrogens is 4. The molecule has 1 aliphatic heterocycles. The van der Waals surface area contributed by atoms with Gasteiger partial charge < -0.3 is 20.4 Å². The van der Waals surface area contributed by atoms with Crippen molar-refractivity contribution in [3.05, 3.63) is 81.8 Å². The van der Waals surface area contributed by atoms with Crippen molar-refractivity contribution in [1.82, 2.24) is 29.7 Å². The zero-order valence-corrected chi connectivity index (χ0v) is 18.1. The van der Waals surface area contributed by atoms with Crippen LogP contribution in [0, 0.1) is 5.82 Å². The molecule has 34 heavy (non-hydrogen) atoms. The minimum Gasteiger partial charge on any atom is -0.501 e. The number of aromatic hydroxyl groups is 1. The second-order valence-electron chi connectivity index (χ2n) is 7.79. The quantitative estimate of drug-likeness (QED) is 0.484. The van der Waals surface area contributed by atoms with Gasteiger partial charge in [0.1, 0.15) is 17.3 Å². The molecular weight excluding hydrogens is 447 g/mol. The van der Waals surface area contributed by atoms with E-state index in [1.54, 1.807) is 0 Å². The number of nitrogens with zero attached hydrogens (tertiary/aromatic N) is 5. The highest BCUT2D eigenvalue weighted by molar-refractivity contribution is 5.95. The zero-order chi connectivity index (χ0) is 24.4. The smallest absolute Gasteiger partial charge is 0.296 e. The number of hydrogen-bond acceptors (Lipinski definition) is 8. The highest BCUT2D eigenvalue weighted by Crippen LogP contribution is 2.32. The summed E-state index contributed by atoms with van der Waals surface area (Å²) < 4.78 is 14.1. The van der Waals surface area contributed by atoms with Crippen molar-refractivity contribution >= 4 is 11.8 Å². The summed E-state index contributed by atoms with van der Waals surface area (Å²) in [5, 5.41) is 23.1. The second kappa shape index (κ2) is 9.35.